The van der Waals surface area contributed by atoms with E-state index in [2.05, 4.69) is 4.98 Å². The first-order valence-electron chi connectivity index (χ1n) is 5.55. The molecular weight excluding hydrogens is 278 g/mol. The van der Waals surface area contributed by atoms with E-state index in [0.29, 0.717) is 11.3 Å². The minimum atomic E-state index is -0.995. The summed E-state index contributed by atoms with van der Waals surface area (Å²) in [6.45, 7) is 0. The number of carboxylic acid groups (broad SMARTS) is 1. The molecule has 0 radical (unpaired) electrons. The molecule has 0 aliphatic rings. The van der Waals surface area contributed by atoms with Crippen molar-refractivity contribution < 1.29 is 9.90 Å². The van der Waals surface area contributed by atoms with Crippen molar-refractivity contribution in [3.63, 3.8) is 0 Å². The third kappa shape index (κ3) is 3.24. The third-order valence-electron chi connectivity index (χ3n) is 2.36. The summed E-state index contributed by atoms with van der Waals surface area (Å²) in [4.78, 5) is 25.7. The molecule has 2 rings (SSSR count). The van der Waals surface area contributed by atoms with Crippen LogP contribution in [0.25, 0.3) is 5.69 Å². The van der Waals surface area contributed by atoms with Gasteiger partial charge in [-0.25, -0.2) is 0 Å². The van der Waals surface area contributed by atoms with Crippen molar-refractivity contribution in [2.24, 2.45) is 0 Å². The first-order valence-corrected chi connectivity index (χ1v) is 6.53. The molecule has 0 atom stereocenters. The van der Waals surface area contributed by atoms with E-state index in [0.717, 1.165) is 11.8 Å². The van der Waals surface area contributed by atoms with E-state index in [4.69, 9.17) is 10.4 Å². The lowest BCUT2D eigenvalue weighted by molar-refractivity contribution is -0.133. The van der Waals surface area contributed by atoms with Crippen molar-refractivity contribution >= 4 is 17.7 Å². The fourth-order valence-electron chi connectivity index (χ4n) is 1.54. The van der Waals surface area contributed by atoms with Gasteiger partial charge in [0.2, 0.25) is 0 Å². The number of nitriles is 1. The maximum Gasteiger partial charge on any atom is 0.313 e. The van der Waals surface area contributed by atoms with Gasteiger partial charge in [-0.05, 0) is 18.2 Å². The number of hydrogen-bond acceptors (Lipinski definition) is 5. The molecule has 7 heteroatoms. The second-order valence-electron chi connectivity index (χ2n) is 3.76. The van der Waals surface area contributed by atoms with Gasteiger partial charge in [0.15, 0.2) is 5.16 Å². The molecule has 1 aromatic carbocycles. The molecule has 0 aliphatic heterocycles. The van der Waals surface area contributed by atoms with Crippen molar-refractivity contribution in [1.29, 1.82) is 5.26 Å². The fourth-order valence-corrected chi connectivity index (χ4v) is 2.25. The van der Waals surface area contributed by atoms with Crippen LogP contribution >= 0.6 is 11.8 Å². The molecule has 0 saturated heterocycles. The van der Waals surface area contributed by atoms with Crippen LogP contribution in [0.2, 0.25) is 0 Å². The predicted molar refractivity (Wildman–Crippen MR) is 72.9 cm³/mol. The number of thioether (sulfide) groups is 1. The Morgan fingerprint density at radius 1 is 1.45 bits per heavy atom. The van der Waals surface area contributed by atoms with Crippen molar-refractivity contribution in [2.45, 2.75) is 5.16 Å². The van der Waals surface area contributed by atoms with Gasteiger partial charge in [-0.1, -0.05) is 17.8 Å². The van der Waals surface area contributed by atoms with Crippen LogP contribution < -0.4 is 5.56 Å². The third-order valence-corrected chi connectivity index (χ3v) is 3.29. The summed E-state index contributed by atoms with van der Waals surface area (Å²) in [6.07, 6.45) is 1.51. The highest BCUT2D eigenvalue weighted by molar-refractivity contribution is 7.99. The molecule has 0 bridgehead atoms. The Morgan fingerprint density at radius 2 is 2.25 bits per heavy atom. The molecule has 100 valence electrons. The van der Waals surface area contributed by atoms with E-state index in [1.54, 1.807) is 28.8 Å². The highest BCUT2D eigenvalue weighted by Gasteiger charge is 2.08. The largest absolute Gasteiger partial charge is 0.481 e. The highest BCUT2D eigenvalue weighted by atomic mass is 32.2. The normalized spacial score (nSPS) is 9.95. The summed E-state index contributed by atoms with van der Waals surface area (Å²) < 4.78 is 1.58. The van der Waals surface area contributed by atoms with Gasteiger partial charge in [-0.3, -0.25) is 14.2 Å². The second kappa shape index (κ2) is 6.04. The van der Waals surface area contributed by atoms with Crippen LogP contribution in [0.15, 0.2) is 46.5 Å². The Kier molecular flexibility index (Phi) is 4.17. The summed E-state index contributed by atoms with van der Waals surface area (Å²) in [7, 11) is 0. The number of aromatic nitrogens is 2. The summed E-state index contributed by atoms with van der Waals surface area (Å²) >= 11 is 0.947. The molecule has 2 aromatic rings. The lowest BCUT2D eigenvalue weighted by Gasteiger charge is -2.10. The van der Waals surface area contributed by atoms with Gasteiger partial charge in [0.1, 0.15) is 0 Å². The number of aliphatic carboxylic acids is 1. The van der Waals surface area contributed by atoms with Crippen LogP contribution in [0.5, 0.6) is 0 Å². The van der Waals surface area contributed by atoms with E-state index >= 15 is 0 Å². The Morgan fingerprint density at radius 3 is 2.95 bits per heavy atom. The number of carbonyl (C=O) groups is 1. The zero-order valence-corrected chi connectivity index (χ0v) is 11.0. The average molecular weight is 287 g/mol. The van der Waals surface area contributed by atoms with Crippen LogP contribution in [0, 0.1) is 11.3 Å². The SMILES string of the molecule is N#Cc1cccc(-n2ccc(=O)nc2SCC(=O)O)c1. The predicted octanol–water partition coefficient (Wildman–Crippen LogP) is 1.28. The molecule has 1 heterocycles. The standard InChI is InChI=1S/C13H9N3O3S/c14-7-9-2-1-3-10(6-9)16-5-4-11(17)15-13(16)20-8-12(18)19/h1-6H,8H2,(H,18,19). The molecule has 0 unspecified atom stereocenters. The molecule has 0 aliphatic carbocycles. The monoisotopic (exact) mass is 287 g/mol. The molecule has 1 aromatic heterocycles. The van der Waals surface area contributed by atoms with Crippen LogP contribution in [-0.2, 0) is 4.79 Å². The van der Waals surface area contributed by atoms with E-state index < -0.39 is 11.5 Å². The van der Waals surface area contributed by atoms with Gasteiger partial charge < -0.3 is 5.11 Å². The van der Waals surface area contributed by atoms with Gasteiger partial charge in [-0.2, -0.15) is 10.2 Å². The Labute approximate surface area is 118 Å². The Bertz CT molecular complexity index is 749. The van der Waals surface area contributed by atoms with E-state index in [1.807, 2.05) is 6.07 Å². The summed E-state index contributed by atoms with van der Waals surface area (Å²) in [6, 6.07) is 10.0. The molecule has 0 saturated carbocycles. The zero-order chi connectivity index (χ0) is 14.5. The molecular formula is C13H9N3O3S. The lowest BCUT2D eigenvalue weighted by atomic mass is 10.2. The number of hydrogen-bond donors (Lipinski definition) is 1. The quantitative estimate of drug-likeness (QED) is 0.672. The smallest absolute Gasteiger partial charge is 0.313 e. The summed E-state index contributed by atoms with van der Waals surface area (Å²) in [5.74, 6) is -1.19. The van der Waals surface area contributed by atoms with Crippen molar-refractivity contribution in [3.05, 3.63) is 52.4 Å². The summed E-state index contributed by atoms with van der Waals surface area (Å²) in [5.41, 5.74) is 0.672. The minimum absolute atomic E-state index is 0.200. The maximum atomic E-state index is 11.3. The topological polar surface area (TPSA) is 96.0 Å². The molecule has 20 heavy (non-hydrogen) atoms. The summed E-state index contributed by atoms with van der Waals surface area (Å²) in [5, 5.41) is 17.9. The Hall–Kier alpha value is -2.59. The van der Waals surface area contributed by atoms with E-state index in [-0.39, 0.29) is 10.9 Å². The minimum Gasteiger partial charge on any atom is -0.481 e. The number of rotatable bonds is 4. The molecule has 6 nitrogen and oxygen atoms in total. The van der Waals surface area contributed by atoms with Crippen LogP contribution in [-0.4, -0.2) is 26.4 Å². The first-order chi connectivity index (χ1) is 9.60. The average Bonchev–Trinajstić information content (AvgIpc) is 2.45. The van der Waals surface area contributed by atoms with E-state index in [1.165, 1.54) is 12.3 Å². The van der Waals surface area contributed by atoms with Crippen molar-refractivity contribution in [3.8, 4) is 11.8 Å². The van der Waals surface area contributed by atoms with Gasteiger partial charge in [0, 0.05) is 18.0 Å². The second-order valence-corrected chi connectivity index (χ2v) is 4.71. The number of nitrogens with zero attached hydrogens (tertiary/aromatic N) is 3. The molecule has 1 N–H and O–H groups in total. The van der Waals surface area contributed by atoms with Crippen LogP contribution in [0.3, 0.4) is 0 Å². The number of benzene rings is 1. The molecule has 0 amide bonds. The van der Waals surface area contributed by atoms with Gasteiger partial charge in [-0.15, -0.1) is 0 Å². The van der Waals surface area contributed by atoms with Gasteiger partial charge in [0.05, 0.1) is 17.4 Å². The van der Waals surface area contributed by atoms with Crippen molar-refractivity contribution in [2.75, 3.05) is 5.75 Å². The molecule has 0 fully saturated rings. The van der Waals surface area contributed by atoms with Crippen LogP contribution in [0.1, 0.15) is 5.56 Å². The van der Waals surface area contributed by atoms with Gasteiger partial charge in [0.25, 0.3) is 5.56 Å². The highest BCUT2D eigenvalue weighted by Crippen LogP contribution is 2.19. The maximum absolute atomic E-state index is 11.3. The zero-order valence-electron chi connectivity index (χ0n) is 10.2. The van der Waals surface area contributed by atoms with E-state index in [9.17, 15) is 9.59 Å². The lowest BCUT2D eigenvalue weighted by Crippen LogP contribution is -2.13. The number of carboxylic acids is 1. The van der Waals surface area contributed by atoms with Crippen LogP contribution in [0.4, 0.5) is 0 Å². The first kappa shape index (κ1) is 13.8. The molecule has 0 spiro atoms. The Balaban J connectivity index is 2.47. The fraction of sp³-hybridized carbons (Fsp3) is 0.0769. The van der Waals surface area contributed by atoms with Crippen molar-refractivity contribution in [1.82, 2.24) is 9.55 Å². The van der Waals surface area contributed by atoms with Gasteiger partial charge >= 0.3 is 5.97 Å².